The summed E-state index contributed by atoms with van der Waals surface area (Å²) in [6.07, 6.45) is 5.13. The summed E-state index contributed by atoms with van der Waals surface area (Å²) < 4.78 is 19.5. The van der Waals surface area contributed by atoms with E-state index in [0.717, 1.165) is 31.4 Å². The summed E-state index contributed by atoms with van der Waals surface area (Å²) in [7, 11) is 0. The number of halogens is 1. The first kappa shape index (κ1) is 21.4. The molecular formula is C19H32FN5O2. The Morgan fingerprint density at radius 3 is 2.81 bits per heavy atom. The highest BCUT2D eigenvalue weighted by Crippen LogP contribution is 2.30. The molecule has 0 spiro atoms. The Bertz CT molecular complexity index is 597. The van der Waals surface area contributed by atoms with E-state index in [-0.39, 0.29) is 18.5 Å². The van der Waals surface area contributed by atoms with Crippen molar-refractivity contribution in [1.82, 2.24) is 15.8 Å². The SMILES string of the molecule is CC(NNCCCCCN(CN)C(N)=O)c1ccc(F)c(OCC2CC2)c1. The molecule has 1 saturated carbocycles. The molecule has 0 bridgehead atoms. The average Bonchev–Trinajstić information content (AvgIpc) is 3.47. The Hall–Kier alpha value is -1.90. The maximum atomic E-state index is 13.9. The van der Waals surface area contributed by atoms with E-state index in [4.69, 9.17) is 16.2 Å². The number of ether oxygens (including phenoxy) is 1. The summed E-state index contributed by atoms with van der Waals surface area (Å²) in [5, 5.41) is 0. The molecule has 0 aliphatic heterocycles. The van der Waals surface area contributed by atoms with Crippen LogP contribution in [-0.4, -0.2) is 37.3 Å². The monoisotopic (exact) mass is 381 g/mol. The van der Waals surface area contributed by atoms with Gasteiger partial charge in [-0.15, -0.1) is 0 Å². The molecule has 1 fully saturated rings. The third-order valence-electron chi connectivity index (χ3n) is 4.71. The van der Waals surface area contributed by atoms with Gasteiger partial charge in [0.2, 0.25) is 0 Å². The van der Waals surface area contributed by atoms with E-state index in [1.165, 1.54) is 23.8 Å². The predicted molar refractivity (Wildman–Crippen MR) is 103 cm³/mol. The number of primary amides is 1. The van der Waals surface area contributed by atoms with Gasteiger partial charge in [-0.05, 0) is 56.2 Å². The highest BCUT2D eigenvalue weighted by atomic mass is 19.1. The van der Waals surface area contributed by atoms with Crippen molar-refractivity contribution in [2.75, 3.05) is 26.4 Å². The molecule has 27 heavy (non-hydrogen) atoms. The number of carbonyl (C=O) groups excluding carboxylic acids is 1. The number of hydrazine groups is 1. The Morgan fingerprint density at radius 2 is 2.15 bits per heavy atom. The third-order valence-corrected chi connectivity index (χ3v) is 4.71. The number of unbranched alkanes of at least 4 members (excludes halogenated alkanes) is 2. The number of carbonyl (C=O) groups is 1. The molecule has 1 aromatic carbocycles. The summed E-state index contributed by atoms with van der Waals surface area (Å²) in [5.41, 5.74) is 18.0. The number of nitrogens with zero attached hydrogens (tertiary/aromatic N) is 1. The molecule has 1 atom stereocenters. The van der Waals surface area contributed by atoms with Gasteiger partial charge in [0.05, 0.1) is 13.3 Å². The molecule has 0 saturated heterocycles. The molecule has 1 aromatic rings. The number of hydrogen-bond donors (Lipinski definition) is 4. The van der Waals surface area contributed by atoms with Gasteiger partial charge in [-0.1, -0.05) is 12.5 Å². The van der Waals surface area contributed by atoms with Gasteiger partial charge in [0.15, 0.2) is 11.6 Å². The lowest BCUT2D eigenvalue weighted by atomic mass is 10.1. The maximum Gasteiger partial charge on any atom is 0.315 e. The molecule has 1 aliphatic rings. The van der Waals surface area contributed by atoms with Crippen LogP contribution in [0.25, 0.3) is 0 Å². The first-order chi connectivity index (χ1) is 13.0. The summed E-state index contributed by atoms with van der Waals surface area (Å²) >= 11 is 0. The minimum atomic E-state index is -0.481. The van der Waals surface area contributed by atoms with Gasteiger partial charge in [-0.3, -0.25) is 10.9 Å². The molecule has 0 heterocycles. The van der Waals surface area contributed by atoms with Crippen LogP contribution in [0.4, 0.5) is 9.18 Å². The van der Waals surface area contributed by atoms with E-state index in [2.05, 4.69) is 10.9 Å². The van der Waals surface area contributed by atoms with Crippen molar-refractivity contribution >= 4 is 6.03 Å². The standard InChI is InChI=1S/C19H32FN5O2/c1-14(24-23-9-3-2-4-10-25(13-21)19(22)26)16-7-8-17(20)18(11-16)27-12-15-5-6-15/h7-8,11,14-15,23-24H,2-6,9-10,12-13,21H2,1H3,(H2,22,26). The number of urea groups is 1. The van der Waals surface area contributed by atoms with Crippen LogP contribution < -0.4 is 27.1 Å². The van der Waals surface area contributed by atoms with Crippen molar-refractivity contribution in [3.8, 4) is 5.75 Å². The predicted octanol–water partition coefficient (Wildman–Crippen LogP) is 2.24. The van der Waals surface area contributed by atoms with Gasteiger partial charge in [0, 0.05) is 19.1 Å². The van der Waals surface area contributed by atoms with Crippen LogP contribution in [0.1, 0.15) is 50.6 Å². The quantitative estimate of drug-likeness (QED) is 0.238. The fourth-order valence-electron chi connectivity index (χ4n) is 2.68. The minimum Gasteiger partial charge on any atom is -0.490 e. The zero-order valence-electron chi connectivity index (χ0n) is 16.0. The summed E-state index contributed by atoms with van der Waals surface area (Å²) in [6.45, 7) is 4.12. The molecule has 1 aliphatic carbocycles. The number of hydrogen-bond acceptors (Lipinski definition) is 5. The molecule has 6 N–H and O–H groups in total. The normalized spacial score (nSPS) is 14.8. The Kier molecular flexibility index (Phi) is 8.77. The van der Waals surface area contributed by atoms with Gasteiger partial charge in [-0.25, -0.2) is 9.18 Å². The van der Waals surface area contributed by atoms with Crippen molar-refractivity contribution in [1.29, 1.82) is 0 Å². The Labute approximate surface area is 160 Å². The van der Waals surface area contributed by atoms with Crippen molar-refractivity contribution in [3.05, 3.63) is 29.6 Å². The van der Waals surface area contributed by atoms with Gasteiger partial charge in [0.1, 0.15) is 0 Å². The van der Waals surface area contributed by atoms with Crippen LogP contribution in [0.15, 0.2) is 18.2 Å². The Morgan fingerprint density at radius 1 is 1.37 bits per heavy atom. The van der Waals surface area contributed by atoms with E-state index in [1.807, 2.05) is 6.92 Å². The molecule has 0 radical (unpaired) electrons. The molecule has 7 nitrogen and oxygen atoms in total. The van der Waals surface area contributed by atoms with Gasteiger partial charge < -0.3 is 21.1 Å². The second kappa shape index (κ2) is 11.1. The number of nitrogens with one attached hydrogen (secondary N) is 2. The molecule has 8 heteroatoms. The van der Waals surface area contributed by atoms with Crippen LogP contribution in [0.2, 0.25) is 0 Å². The highest BCUT2D eigenvalue weighted by molar-refractivity contribution is 5.71. The topological polar surface area (TPSA) is 106 Å². The fourth-order valence-corrected chi connectivity index (χ4v) is 2.68. The zero-order valence-corrected chi connectivity index (χ0v) is 16.0. The molecule has 0 aromatic heterocycles. The molecule has 152 valence electrons. The average molecular weight is 381 g/mol. The minimum absolute atomic E-state index is 0.0245. The van der Waals surface area contributed by atoms with Crippen LogP contribution >= 0.6 is 0 Å². The Balaban J connectivity index is 1.63. The van der Waals surface area contributed by atoms with E-state index in [0.29, 0.717) is 24.8 Å². The molecule has 2 rings (SSSR count). The van der Waals surface area contributed by atoms with Gasteiger partial charge >= 0.3 is 6.03 Å². The van der Waals surface area contributed by atoms with E-state index < -0.39 is 6.03 Å². The van der Waals surface area contributed by atoms with E-state index >= 15 is 0 Å². The third kappa shape index (κ3) is 7.70. The van der Waals surface area contributed by atoms with Crippen LogP contribution in [-0.2, 0) is 0 Å². The summed E-state index contributed by atoms with van der Waals surface area (Å²) in [6, 6.07) is 4.53. The van der Waals surface area contributed by atoms with Crippen molar-refractivity contribution in [3.63, 3.8) is 0 Å². The summed E-state index contributed by atoms with van der Waals surface area (Å²) in [4.78, 5) is 12.5. The number of nitrogens with two attached hydrogens (primary N) is 2. The highest BCUT2D eigenvalue weighted by Gasteiger charge is 2.22. The van der Waals surface area contributed by atoms with Crippen molar-refractivity contribution in [2.24, 2.45) is 17.4 Å². The summed E-state index contributed by atoms with van der Waals surface area (Å²) in [5.74, 6) is 0.596. The second-order valence-electron chi connectivity index (χ2n) is 7.08. The first-order valence-corrected chi connectivity index (χ1v) is 9.66. The van der Waals surface area contributed by atoms with Gasteiger partial charge in [-0.2, -0.15) is 0 Å². The lowest BCUT2D eigenvalue weighted by molar-refractivity contribution is 0.207. The van der Waals surface area contributed by atoms with Crippen LogP contribution in [0.3, 0.4) is 0 Å². The molecular weight excluding hydrogens is 349 g/mol. The van der Waals surface area contributed by atoms with Crippen molar-refractivity contribution < 1.29 is 13.9 Å². The van der Waals surface area contributed by atoms with Crippen LogP contribution in [0, 0.1) is 11.7 Å². The lowest BCUT2D eigenvalue weighted by Gasteiger charge is -2.18. The van der Waals surface area contributed by atoms with E-state index in [1.54, 1.807) is 12.1 Å². The smallest absolute Gasteiger partial charge is 0.315 e. The number of rotatable bonds is 13. The molecule has 2 amide bonds. The number of amides is 2. The first-order valence-electron chi connectivity index (χ1n) is 9.66. The maximum absolute atomic E-state index is 13.9. The fraction of sp³-hybridized carbons (Fsp3) is 0.632. The second-order valence-corrected chi connectivity index (χ2v) is 7.08. The van der Waals surface area contributed by atoms with Crippen molar-refractivity contribution in [2.45, 2.75) is 45.1 Å². The largest absolute Gasteiger partial charge is 0.490 e. The van der Waals surface area contributed by atoms with Crippen LogP contribution in [0.5, 0.6) is 5.75 Å². The van der Waals surface area contributed by atoms with Gasteiger partial charge in [0.25, 0.3) is 0 Å². The molecule has 1 unspecified atom stereocenters. The van der Waals surface area contributed by atoms with E-state index in [9.17, 15) is 9.18 Å². The zero-order chi connectivity index (χ0) is 19.6. The lowest BCUT2D eigenvalue weighted by Crippen LogP contribution is -2.40. The number of benzene rings is 1.